The molecule has 62 valence electrons. The Hall–Kier alpha value is 0.140. The van der Waals surface area contributed by atoms with Gasteiger partial charge in [0.2, 0.25) is 0 Å². The highest BCUT2D eigenvalue weighted by atomic mass is 79.9. The Kier molecular flexibility index (Phi) is 3.10. The summed E-state index contributed by atoms with van der Waals surface area (Å²) in [4.78, 5) is 1.03. The van der Waals surface area contributed by atoms with Crippen molar-refractivity contribution in [3.63, 3.8) is 0 Å². The first-order valence-electron chi connectivity index (χ1n) is 3.54. The van der Waals surface area contributed by atoms with Crippen molar-refractivity contribution in [1.82, 2.24) is 0 Å². The van der Waals surface area contributed by atoms with Crippen LogP contribution >= 0.6 is 27.3 Å². The molecular formula is C8H11BrOS. The minimum atomic E-state index is -0.329. The van der Waals surface area contributed by atoms with Crippen LogP contribution in [-0.4, -0.2) is 5.11 Å². The van der Waals surface area contributed by atoms with Gasteiger partial charge in [-0.3, -0.25) is 0 Å². The fourth-order valence-corrected chi connectivity index (χ4v) is 2.58. The summed E-state index contributed by atoms with van der Waals surface area (Å²) < 4.78 is 1.02. The second-order valence-electron chi connectivity index (χ2n) is 2.82. The van der Waals surface area contributed by atoms with Crippen molar-refractivity contribution in [2.45, 2.75) is 20.0 Å². The second-order valence-corrected chi connectivity index (χ2v) is 4.62. The maximum absolute atomic E-state index is 9.65. The lowest BCUT2D eigenvalue weighted by atomic mass is 10.1. The molecule has 1 unspecified atom stereocenters. The predicted molar refractivity (Wildman–Crippen MR) is 51.8 cm³/mol. The third-order valence-electron chi connectivity index (χ3n) is 1.54. The van der Waals surface area contributed by atoms with Crippen LogP contribution in [-0.2, 0) is 0 Å². The van der Waals surface area contributed by atoms with Gasteiger partial charge in [0.15, 0.2) is 0 Å². The molecule has 1 N–H and O–H groups in total. The molecule has 0 fully saturated rings. The lowest BCUT2D eigenvalue weighted by Crippen LogP contribution is -2.03. The molecule has 1 nitrogen and oxygen atoms in total. The molecule has 1 aromatic rings. The van der Waals surface area contributed by atoms with E-state index in [1.54, 1.807) is 11.3 Å². The van der Waals surface area contributed by atoms with Crippen LogP contribution in [0, 0.1) is 5.92 Å². The van der Waals surface area contributed by atoms with E-state index in [9.17, 15) is 5.11 Å². The van der Waals surface area contributed by atoms with Crippen LogP contribution in [0.5, 0.6) is 0 Å². The van der Waals surface area contributed by atoms with E-state index in [1.807, 2.05) is 25.3 Å². The number of thiophene rings is 1. The number of hydrogen-bond acceptors (Lipinski definition) is 2. The Morgan fingerprint density at radius 3 is 2.55 bits per heavy atom. The first-order chi connectivity index (χ1) is 5.13. The lowest BCUT2D eigenvalue weighted by molar-refractivity contribution is 0.130. The van der Waals surface area contributed by atoms with Crippen molar-refractivity contribution in [2.24, 2.45) is 5.92 Å². The number of halogens is 1. The van der Waals surface area contributed by atoms with Crippen LogP contribution in [0.2, 0.25) is 0 Å². The second kappa shape index (κ2) is 3.70. The summed E-state index contributed by atoms with van der Waals surface area (Å²) in [5.41, 5.74) is 0. The van der Waals surface area contributed by atoms with E-state index in [0.717, 1.165) is 9.35 Å². The fraction of sp³-hybridized carbons (Fsp3) is 0.500. The highest BCUT2D eigenvalue weighted by Gasteiger charge is 2.15. The molecule has 1 rings (SSSR count). The lowest BCUT2D eigenvalue weighted by Gasteiger charge is -2.12. The van der Waals surface area contributed by atoms with Gasteiger partial charge in [-0.1, -0.05) is 13.8 Å². The van der Waals surface area contributed by atoms with Gasteiger partial charge in [0.05, 0.1) is 6.10 Å². The quantitative estimate of drug-likeness (QED) is 0.834. The third-order valence-corrected chi connectivity index (χ3v) is 3.49. The predicted octanol–water partition coefficient (Wildman–Crippen LogP) is 3.20. The molecule has 0 aliphatic heterocycles. The molecule has 0 radical (unpaired) electrons. The molecule has 1 heterocycles. The average Bonchev–Trinajstić information content (AvgIpc) is 2.33. The minimum Gasteiger partial charge on any atom is -0.387 e. The molecule has 3 heteroatoms. The molecular weight excluding hydrogens is 224 g/mol. The van der Waals surface area contributed by atoms with Crippen LogP contribution in [0.1, 0.15) is 24.8 Å². The van der Waals surface area contributed by atoms with Crippen LogP contribution in [0.4, 0.5) is 0 Å². The highest BCUT2D eigenvalue weighted by molar-refractivity contribution is 9.10. The van der Waals surface area contributed by atoms with Crippen molar-refractivity contribution in [3.05, 3.63) is 20.8 Å². The van der Waals surface area contributed by atoms with Gasteiger partial charge in [-0.25, -0.2) is 0 Å². The molecule has 0 aliphatic rings. The first kappa shape index (κ1) is 9.23. The van der Waals surface area contributed by atoms with E-state index in [0.29, 0.717) is 0 Å². The van der Waals surface area contributed by atoms with E-state index in [1.165, 1.54) is 0 Å². The Labute approximate surface area is 79.2 Å². The average molecular weight is 235 g/mol. The highest BCUT2D eigenvalue weighted by Crippen LogP contribution is 2.32. The zero-order valence-electron chi connectivity index (χ0n) is 6.54. The van der Waals surface area contributed by atoms with E-state index in [2.05, 4.69) is 15.9 Å². The molecule has 0 spiro atoms. The standard InChI is InChI=1S/C8H11BrOS/c1-5(2)7(10)8-6(9)3-4-11-8/h3-5,7,10H,1-2H3. The fourth-order valence-electron chi connectivity index (χ4n) is 0.819. The van der Waals surface area contributed by atoms with Gasteiger partial charge < -0.3 is 5.11 Å². The normalized spacial score (nSPS) is 13.9. The van der Waals surface area contributed by atoms with Gasteiger partial charge >= 0.3 is 0 Å². The number of aliphatic hydroxyl groups is 1. The van der Waals surface area contributed by atoms with Crippen LogP contribution in [0.25, 0.3) is 0 Å². The maximum Gasteiger partial charge on any atom is 0.0916 e. The summed E-state index contributed by atoms with van der Waals surface area (Å²) >= 11 is 4.97. The zero-order chi connectivity index (χ0) is 8.43. The zero-order valence-corrected chi connectivity index (χ0v) is 8.95. The maximum atomic E-state index is 9.65. The molecule has 1 aromatic heterocycles. The summed E-state index contributed by atoms with van der Waals surface area (Å²) in [5, 5.41) is 11.6. The summed E-state index contributed by atoms with van der Waals surface area (Å²) in [6.45, 7) is 4.02. The molecule has 0 aromatic carbocycles. The van der Waals surface area contributed by atoms with Gasteiger partial charge in [-0.15, -0.1) is 11.3 Å². The minimum absolute atomic E-state index is 0.282. The van der Waals surface area contributed by atoms with Gasteiger partial charge in [0.25, 0.3) is 0 Å². The van der Waals surface area contributed by atoms with Crippen molar-refractivity contribution >= 4 is 27.3 Å². The van der Waals surface area contributed by atoms with Crippen LogP contribution in [0.3, 0.4) is 0 Å². The summed E-state index contributed by atoms with van der Waals surface area (Å²) in [5.74, 6) is 0.282. The third kappa shape index (κ3) is 2.04. The van der Waals surface area contributed by atoms with Gasteiger partial charge in [-0.05, 0) is 33.3 Å². The Morgan fingerprint density at radius 1 is 1.55 bits per heavy atom. The first-order valence-corrected chi connectivity index (χ1v) is 5.21. The SMILES string of the molecule is CC(C)C(O)c1sccc1Br. The smallest absolute Gasteiger partial charge is 0.0916 e. The molecule has 11 heavy (non-hydrogen) atoms. The van der Waals surface area contributed by atoms with E-state index in [-0.39, 0.29) is 12.0 Å². The van der Waals surface area contributed by atoms with Gasteiger partial charge in [0.1, 0.15) is 0 Å². The monoisotopic (exact) mass is 234 g/mol. The molecule has 0 saturated heterocycles. The van der Waals surface area contributed by atoms with Gasteiger partial charge in [0, 0.05) is 9.35 Å². The summed E-state index contributed by atoms with van der Waals surface area (Å²) in [6, 6.07) is 1.96. The van der Waals surface area contributed by atoms with Crippen molar-refractivity contribution in [3.8, 4) is 0 Å². The summed E-state index contributed by atoms with van der Waals surface area (Å²) in [7, 11) is 0. The topological polar surface area (TPSA) is 20.2 Å². The van der Waals surface area contributed by atoms with Crippen LogP contribution in [0.15, 0.2) is 15.9 Å². The number of rotatable bonds is 2. The largest absolute Gasteiger partial charge is 0.387 e. The molecule has 0 amide bonds. The summed E-state index contributed by atoms with van der Waals surface area (Å²) in [6.07, 6.45) is -0.329. The van der Waals surface area contributed by atoms with E-state index < -0.39 is 0 Å². The van der Waals surface area contributed by atoms with Crippen molar-refractivity contribution in [2.75, 3.05) is 0 Å². The Bertz CT molecular complexity index is 232. The van der Waals surface area contributed by atoms with E-state index in [4.69, 9.17) is 0 Å². The van der Waals surface area contributed by atoms with Crippen molar-refractivity contribution < 1.29 is 5.11 Å². The van der Waals surface area contributed by atoms with Crippen LogP contribution < -0.4 is 0 Å². The number of aliphatic hydroxyl groups excluding tert-OH is 1. The Balaban J connectivity index is 2.84. The van der Waals surface area contributed by atoms with Gasteiger partial charge in [-0.2, -0.15) is 0 Å². The molecule has 0 saturated carbocycles. The van der Waals surface area contributed by atoms with Crippen molar-refractivity contribution in [1.29, 1.82) is 0 Å². The molecule has 0 bridgehead atoms. The Morgan fingerprint density at radius 2 is 2.18 bits per heavy atom. The molecule has 0 aliphatic carbocycles. The van der Waals surface area contributed by atoms with E-state index >= 15 is 0 Å². The molecule has 1 atom stereocenters. The number of hydrogen-bond donors (Lipinski definition) is 1.